The fourth-order valence-electron chi connectivity index (χ4n) is 3.80. The summed E-state index contributed by atoms with van der Waals surface area (Å²) in [5.74, 6) is 1.24. The Morgan fingerprint density at radius 2 is 1.68 bits per heavy atom. The Morgan fingerprint density at radius 3 is 2.32 bits per heavy atom. The van der Waals surface area contributed by atoms with Gasteiger partial charge in [0, 0.05) is 15.4 Å². The van der Waals surface area contributed by atoms with E-state index in [1.54, 1.807) is 23.5 Å². The molecule has 2 aliphatic carbocycles. The van der Waals surface area contributed by atoms with Crippen molar-refractivity contribution in [1.29, 1.82) is 0 Å². The lowest BCUT2D eigenvalue weighted by Gasteiger charge is -2.16. The molecule has 0 amide bonds. The van der Waals surface area contributed by atoms with E-state index in [1.165, 1.54) is 22.0 Å². The summed E-state index contributed by atoms with van der Waals surface area (Å²) in [6.07, 6.45) is 6.16. The summed E-state index contributed by atoms with van der Waals surface area (Å²) in [6, 6.07) is 10.2. The smallest absolute Gasteiger partial charge is 0.345 e. The maximum atomic E-state index is 12.3. The molecule has 5 rings (SSSR count). The van der Waals surface area contributed by atoms with E-state index in [0.717, 1.165) is 27.2 Å². The minimum atomic E-state index is -0.234. The standard InChI is InChI=1S/C19H16O2S4/c1-21-17(20)16-13(10-5-3-2-4-6-10)22-19(25-16)18-23-14-11-7-8-12(9-11)15(14)24-18/h2-8,11-12,14-15H,9H2,1H3. The first kappa shape index (κ1) is 16.5. The zero-order valence-corrected chi connectivity index (χ0v) is 16.8. The van der Waals surface area contributed by atoms with Crippen molar-refractivity contribution < 1.29 is 9.53 Å². The van der Waals surface area contributed by atoms with Crippen LogP contribution in [0.3, 0.4) is 0 Å². The van der Waals surface area contributed by atoms with Crippen molar-refractivity contribution in [2.24, 2.45) is 11.8 Å². The average molecular weight is 405 g/mol. The number of allylic oxidation sites excluding steroid dienone is 2. The number of thioether (sulfide) groups is 4. The summed E-state index contributed by atoms with van der Waals surface area (Å²) < 4.78 is 7.69. The Morgan fingerprint density at radius 1 is 1.00 bits per heavy atom. The van der Waals surface area contributed by atoms with Crippen LogP contribution in [0.15, 0.2) is 55.9 Å². The summed E-state index contributed by atoms with van der Waals surface area (Å²) in [4.78, 5) is 14.1. The minimum absolute atomic E-state index is 0.234. The van der Waals surface area contributed by atoms with Crippen LogP contribution < -0.4 is 0 Å². The van der Waals surface area contributed by atoms with E-state index < -0.39 is 0 Å². The Kier molecular flexibility index (Phi) is 4.27. The molecule has 128 valence electrons. The van der Waals surface area contributed by atoms with Gasteiger partial charge in [-0.1, -0.05) is 66.0 Å². The Balaban J connectivity index is 1.46. The fraction of sp³-hybridized carbons (Fsp3) is 0.316. The molecule has 2 bridgehead atoms. The van der Waals surface area contributed by atoms with Crippen molar-refractivity contribution in [2.75, 3.05) is 7.11 Å². The van der Waals surface area contributed by atoms with Crippen LogP contribution in [-0.2, 0) is 9.53 Å². The van der Waals surface area contributed by atoms with Gasteiger partial charge in [0.15, 0.2) is 0 Å². The van der Waals surface area contributed by atoms with Crippen LogP contribution in [0.2, 0.25) is 0 Å². The van der Waals surface area contributed by atoms with Crippen LogP contribution in [0.1, 0.15) is 12.0 Å². The van der Waals surface area contributed by atoms with Crippen molar-refractivity contribution in [2.45, 2.75) is 16.9 Å². The van der Waals surface area contributed by atoms with E-state index in [-0.39, 0.29) is 5.97 Å². The molecule has 0 N–H and O–H groups in total. The van der Waals surface area contributed by atoms with Crippen LogP contribution in [0, 0.1) is 11.8 Å². The normalized spacial score (nSPS) is 32.7. The first-order valence-electron chi connectivity index (χ1n) is 8.24. The molecule has 2 fully saturated rings. The van der Waals surface area contributed by atoms with Crippen molar-refractivity contribution in [3.8, 4) is 0 Å². The summed E-state index contributed by atoms with van der Waals surface area (Å²) in [5.41, 5.74) is 1.09. The molecule has 1 saturated carbocycles. The highest BCUT2D eigenvalue weighted by Crippen LogP contribution is 2.66. The highest BCUT2D eigenvalue weighted by Gasteiger charge is 2.50. The van der Waals surface area contributed by atoms with Crippen LogP contribution >= 0.6 is 47.0 Å². The fourth-order valence-corrected chi connectivity index (χ4v) is 10.5. The first-order valence-corrected chi connectivity index (χ1v) is 11.6. The van der Waals surface area contributed by atoms with Gasteiger partial charge in [-0.2, -0.15) is 0 Å². The van der Waals surface area contributed by atoms with E-state index in [0.29, 0.717) is 10.5 Å². The van der Waals surface area contributed by atoms with Crippen molar-refractivity contribution in [1.82, 2.24) is 0 Å². The van der Waals surface area contributed by atoms with Gasteiger partial charge < -0.3 is 4.74 Å². The molecule has 4 unspecified atom stereocenters. The molecule has 25 heavy (non-hydrogen) atoms. The third-order valence-electron chi connectivity index (χ3n) is 4.97. The van der Waals surface area contributed by atoms with Crippen LogP contribution in [0.4, 0.5) is 0 Å². The van der Waals surface area contributed by atoms with Gasteiger partial charge in [-0.3, -0.25) is 0 Å². The second-order valence-electron chi connectivity index (χ2n) is 6.41. The van der Waals surface area contributed by atoms with Gasteiger partial charge in [-0.05, 0) is 23.8 Å². The number of carbonyl (C=O) groups is 1. The van der Waals surface area contributed by atoms with Gasteiger partial charge in [0.25, 0.3) is 0 Å². The Hall–Kier alpha value is -0.690. The lowest BCUT2D eigenvalue weighted by molar-refractivity contribution is -0.135. The number of fused-ring (bicyclic) bond motifs is 5. The number of ether oxygens (including phenoxy) is 1. The van der Waals surface area contributed by atoms with Crippen molar-refractivity contribution in [3.05, 3.63) is 61.4 Å². The number of carbonyl (C=O) groups excluding carboxylic acids is 1. The third kappa shape index (κ3) is 2.73. The largest absolute Gasteiger partial charge is 0.465 e. The number of hydrogen-bond donors (Lipinski definition) is 0. The summed E-state index contributed by atoms with van der Waals surface area (Å²) in [6.45, 7) is 0. The number of benzene rings is 1. The molecule has 0 spiro atoms. The molecule has 1 aromatic carbocycles. The molecule has 1 saturated heterocycles. The second-order valence-corrected chi connectivity index (χ2v) is 11.3. The van der Waals surface area contributed by atoms with Gasteiger partial charge in [0.2, 0.25) is 0 Å². The number of esters is 1. The summed E-state index contributed by atoms with van der Waals surface area (Å²) in [7, 11) is 1.46. The van der Waals surface area contributed by atoms with Gasteiger partial charge in [0.1, 0.15) is 4.91 Å². The lowest BCUT2D eigenvalue weighted by atomic mass is 10.1. The molecule has 1 aromatic rings. The first-order chi connectivity index (χ1) is 12.2. The van der Waals surface area contributed by atoms with Gasteiger partial charge in [-0.15, -0.1) is 23.5 Å². The van der Waals surface area contributed by atoms with Crippen molar-refractivity contribution >= 4 is 57.9 Å². The molecule has 2 heterocycles. The molecule has 0 aromatic heterocycles. The van der Waals surface area contributed by atoms with Gasteiger partial charge in [0.05, 0.1) is 15.6 Å². The van der Waals surface area contributed by atoms with E-state index >= 15 is 0 Å². The van der Waals surface area contributed by atoms with Crippen LogP contribution in [0.25, 0.3) is 4.91 Å². The molecule has 4 atom stereocenters. The van der Waals surface area contributed by atoms with Gasteiger partial charge in [-0.25, -0.2) is 4.79 Å². The molecular formula is C19H16O2S4. The minimum Gasteiger partial charge on any atom is -0.465 e. The number of methoxy groups -OCH3 is 1. The van der Waals surface area contributed by atoms with E-state index in [9.17, 15) is 4.79 Å². The maximum Gasteiger partial charge on any atom is 0.345 e. The van der Waals surface area contributed by atoms with E-state index in [4.69, 9.17) is 4.74 Å². The SMILES string of the molecule is COC(=O)C1=C(c2ccccc2)SC(=C2SC3C4C=CC(C4)C3S2)S1. The highest BCUT2D eigenvalue weighted by molar-refractivity contribution is 8.35. The van der Waals surface area contributed by atoms with Crippen LogP contribution in [0.5, 0.6) is 0 Å². The monoisotopic (exact) mass is 404 g/mol. The Labute approximate surface area is 164 Å². The number of rotatable bonds is 2. The van der Waals surface area contributed by atoms with E-state index in [2.05, 4.69) is 24.3 Å². The predicted octanol–water partition coefficient (Wildman–Crippen LogP) is 5.56. The zero-order chi connectivity index (χ0) is 17.0. The average Bonchev–Trinajstić information content (AvgIpc) is 3.41. The zero-order valence-electron chi connectivity index (χ0n) is 13.5. The predicted molar refractivity (Wildman–Crippen MR) is 111 cm³/mol. The lowest BCUT2D eigenvalue weighted by Crippen LogP contribution is -2.19. The summed E-state index contributed by atoms with van der Waals surface area (Å²) in [5, 5.41) is 1.43. The quantitative estimate of drug-likeness (QED) is 0.473. The van der Waals surface area contributed by atoms with E-state index in [1.807, 2.05) is 41.7 Å². The molecular weight excluding hydrogens is 388 g/mol. The number of hydrogen-bond acceptors (Lipinski definition) is 6. The molecule has 0 radical (unpaired) electrons. The molecule has 4 aliphatic rings. The van der Waals surface area contributed by atoms with Gasteiger partial charge >= 0.3 is 5.97 Å². The topological polar surface area (TPSA) is 26.3 Å². The molecule has 2 aliphatic heterocycles. The Bertz CT molecular complexity index is 805. The molecule has 2 nitrogen and oxygen atoms in total. The molecule has 6 heteroatoms. The second kappa shape index (κ2) is 6.48. The third-order valence-corrected chi connectivity index (χ3v) is 11.5. The maximum absolute atomic E-state index is 12.3. The van der Waals surface area contributed by atoms with Crippen molar-refractivity contribution in [3.63, 3.8) is 0 Å². The summed E-state index contributed by atoms with van der Waals surface area (Å²) >= 11 is 7.39. The van der Waals surface area contributed by atoms with Crippen LogP contribution in [-0.4, -0.2) is 23.6 Å². The highest BCUT2D eigenvalue weighted by atomic mass is 32.2.